The maximum Gasteiger partial charge on any atom is 0.183 e. The summed E-state index contributed by atoms with van der Waals surface area (Å²) in [6.45, 7) is 5.58. The number of anilines is 1. The lowest BCUT2D eigenvalue weighted by molar-refractivity contribution is 0.171. The highest BCUT2D eigenvalue weighted by Crippen LogP contribution is 2.40. The molecule has 7 heterocycles. The number of rotatable bonds is 5. The Hall–Kier alpha value is -4.27. The van der Waals surface area contributed by atoms with Crippen LogP contribution in [0.2, 0.25) is 15.2 Å². The zero-order valence-corrected chi connectivity index (χ0v) is 28.6. The number of aryl methyl sites for hydroxylation is 2. The first-order chi connectivity index (χ1) is 22.9. The van der Waals surface area contributed by atoms with Gasteiger partial charge in [0.2, 0.25) is 0 Å². The SMILES string of the molecule is Cc1sc2nc(-c3cnccn3)nc(Cl)c2c1Cl.Cc1sc2nc(-c3cnccn3)nc(NCc3ccc4c(c3)OCCO4)c2c1Cl. The van der Waals surface area contributed by atoms with Crippen molar-refractivity contribution in [1.82, 2.24) is 39.9 Å². The van der Waals surface area contributed by atoms with E-state index in [-0.39, 0.29) is 0 Å². The van der Waals surface area contributed by atoms with E-state index in [4.69, 9.17) is 44.3 Å². The fraction of sp³-hybridized carbons (Fsp3) is 0.161. The zero-order valence-electron chi connectivity index (χ0n) is 24.7. The van der Waals surface area contributed by atoms with E-state index in [9.17, 15) is 0 Å². The summed E-state index contributed by atoms with van der Waals surface area (Å²) >= 11 is 21.9. The van der Waals surface area contributed by atoms with Crippen molar-refractivity contribution in [2.24, 2.45) is 0 Å². The van der Waals surface area contributed by atoms with E-state index in [1.54, 1.807) is 37.2 Å². The molecule has 0 bridgehead atoms. The Kier molecular flexibility index (Phi) is 8.97. The molecule has 0 saturated carbocycles. The van der Waals surface area contributed by atoms with Gasteiger partial charge in [0.25, 0.3) is 0 Å². The van der Waals surface area contributed by atoms with E-state index in [1.165, 1.54) is 22.7 Å². The Morgan fingerprint density at radius 2 is 1.32 bits per heavy atom. The molecule has 11 nitrogen and oxygen atoms in total. The van der Waals surface area contributed by atoms with Crippen molar-refractivity contribution >= 4 is 83.7 Å². The van der Waals surface area contributed by atoms with E-state index in [2.05, 4.69) is 45.2 Å². The van der Waals surface area contributed by atoms with Gasteiger partial charge in [-0.1, -0.05) is 40.9 Å². The molecule has 0 fully saturated rings. The lowest BCUT2D eigenvalue weighted by atomic mass is 10.2. The van der Waals surface area contributed by atoms with Gasteiger partial charge in [-0.15, -0.1) is 22.7 Å². The van der Waals surface area contributed by atoms with Crippen LogP contribution in [0.15, 0.2) is 55.4 Å². The molecule has 8 rings (SSSR count). The van der Waals surface area contributed by atoms with E-state index < -0.39 is 0 Å². The van der Waals surface area contributed by atoms with Gasteiger partial charge in [0.05, 0.1) is 33.2 Å². The molecule has 0 amide bonds. The minimum absolute atomic E-state index is 0.343. The second kappa shape index (κ2) is 13.5. The Labute approximate surface area is 291 Å². The van der Waals surface area contributed by atoms with Gasteiger partial charge in [0.15, 0.2) is 23.1 Å². The fourth-order valence-electron chi connectivity index (χ4n) is 4.69. The van der Waals surface area contributed by atoms with Gasteiger partial charge in [0.1, 0.15) is 45.2 Å². The molecule has 1 aliphatic heterocycles. The van der Waals surface area contributed by atoms with Gasteiger partial charge in [-0.3, -0.25) is 9.97 Å². The van der Waals surface area contributed by atoms with E-state index >= 15 is 0 Å². The number of benzene rings is 1. The lowest BCUT2D eigenvalue weighted by Gasteiger charge is -2.19. The number of hydrogen-bond acceptors (Lipinski definition) is 13. The minimum Gasteiger partial charge on any atom is -0.486 e. The third-order valence-electron chi connectivity index (χ3n) is 6.92. The number of fused-ring (bicyclic) bond motifs is 3. The maximum absolute atomic E-state index is 6.55. The van der Waals surface area contributed by atoms with E-state index in [0.29, 0.717) is 69.2 Å². The third kappa shape index (κ3) is 6.49. The van der Waals surface area contributed by atoms with Crippen LogP contribution in [0.25, 0.3) is 43.5 Å². The first-order valence-electron chi connectivity index (χ1n) is 14.1. The van der Waals surface area contributed by atoms with Crippen LogP contribution in [0.1, 0.15) is 15.3 Å². The Morgan fingerprint density at radius 1 is 0.723 bits per heavy atom. The Balaban J connectivity index is 0.000000167. The van der Waals surface area contributed by atoms with Gasteiger partial charge in [0, 0.05) is 41.1 Å². The largest absolute Gasteiger partial charge is 0.486 e. The second-order valence-electron chi connectivity index (χ2n) is 10.1. The highest BCUT2D eigenvalue weighted by atomic mass is 35.5. The summed E-state index contributed by atoms with van der Waals surface area (Å²) < 4.78 is 11.3. The highest BCUT2D eigenvalue weighted by Gasteiger charge is 2.19. The molecule has 0 saturated heterocycles. The predicted octanol–water partition coefficient (Wildman–Crippen LogP) is 8.26. The summed E-state index contributed by atoms with van der Waals surface area (Å²) in [6, 6.07) is 5.90. The van der Waals surface area contributed by atoms with E-state index in [1.807, 2.05) is 32.0 Å². The van der Waals surface area contributed by atoms with Gasteiger partial charge in [-0.25, -0.2) is 29.9 Å². The lowest BCUT2D eigenvalue weighted by Crippen LogP contribution is -2.15. The van der Waals surface area contributed by atoms with Crippen molar-refractivity contribution in [1.29, 1.82) is 0 Å². The average Bonchev–Trinajstić information content (AvgIpc) is 3.57. The second-order valence-corrected chi connectivity index (χ2v) is 13.6. The molecular formula is C31H22Cl3N9O2S2. The number of thiophene rings is 2. The van der Waals surface area contributed by atoms with Crippen molar-refractivity contribution in [3.63, 3.8) is 0 Å². The number of hydrogen-bond donors (Lipinski definition) is 1. The molecule has 1 N–H and O–H groups in total. The molecule has 236 valence electrons. The first-order valence-corrected chi connectivity index (χ1v) is 16.9. The number of ether oxygens (including phenoxy) is 2. The quantitative estimate of drug-likeness (QED) is 0.172. The number of nitrogens with one attached hydrogen (secondary N) is 1. The standard InChI is InChI=1S/C20H16ClN5O2S.C11H6Cl2N4S/c1-11-17(21)16-19(24-9-12-2-3-14-15(8-12)28-7-6-27-14)25-18(26-20(16)29-11)13-10-22-4-5-23-13;1-5-8(12)7-9(13)16-10(17-11(7)18-5)6-4-14-2-3-15-6/h2-5,8,10H,6-7,9H2,1H3,(H,24,25,26);2-4H,1H3. The molecule has 0 atom stereocenters. The maximum atomic E-state index is 6.55. The zero-order chi connectivity index (χ0) is 32.5. The molecular weight excluding hydrogens is 701 g/mol. The summed E-state index contributed by atoms with van der Waals surface area (Å²) in [5.41, 5.74) is 2.24. The Morgan fingerprint density at radius 3 is 1.96 bits per heavy atom. The van der Waals surface area contributed by atoms with Crippen LogP contribution in [-0.2, 0) is 6.54 Å². The van der Waals surface area contributed by atoms with Crippen molar-refractivity contribution in [2.75, 3.05) is 18.5 Å². The van der Waals surface area contributed by atoms with Gasteiger partial charge < -0.3 is 14.8 Å². The molecule has 0 aliphatic carbocycles. The molecule has 16 heteroatoms. The monoisotopic (exact) mass is 721 g/mol. The van der Waals surface area contributed by atoms with Crippen LogP contribution in [0.4, 0.5) is 5.82 Å². The summed E-state index contributed by atoms with van der Waals surface area (Å²) in [4.78, 5) is 38.1. The number of nitrogens with zero attached hydrogens (tertiary/aromatic N) is 8. The fourth-order valence-corrected chi connectivity index (χ4v) is 7.58. The van der Waals surface area contributed by atoms with Crippen molar-refractivity contribution in [3.8, 4) is 34.5 Å². The topological polar surface area (TPSA) is 134 Å². The number of halogens is 3. The molecule has 1 aliphatic rings. The van der Waals surface area contributed by atoms with Crippen LogP contribution >= 0.6 is 57.5 Å². The van der Waals surface area contributed by atoms with Crippen LogP contribution in [0, 0.1) is 13.8 Å². The summed E-state index contributed by atoms with van der Waals surface area (Å²) in [6.07, 6.45) is 9.67. The smallest absolute Gasteiger partial charge is 0.183 e. The van der Waals surface area contributed by atoms with Crippen molar-refractivity contribution < 1.29 is 9.47 Å². The van der Waals surface area contributed by atoms with Gasteiger partial charge in [-0.2, -0.15) is 0 Å². The van der Waals surface area contributed by atoms with Crippen LogP contribution in [0.5, 0.6) is 11.5 Å². The first kappa shape index (κ1) is 31.3. The molecule has 1 aromatic carbocycles. The summed E-state index contributed by atoms with van der Waals surface area (Å²) in [7, 11) is 0. The van der Waals surface area contributed by atoms with Gasteiger partial charge in [-0.05, 0) is 31.5 Å². The molecule has 0 spiro atoms. The average molecular weight is 723 g/mol. The van der Waals surface area contributed by atoms with E-state index in [0.717, 1.165) is 41.9 Å². The normalized spacial score (nSPS) is 12.2. The van der Waals surface area contributed by atoms with Crippen molar-refractivity contribution in [2.45, 2.75) is 20.4 Å². The summed E-state index contributed by atoms with van der Waals surface area (Å²) in [5, 5.41) is 6.55. The number of aromatic nitrogens is 8. The molecule has 0 radical (unpaired) electrons. The van der Waals surface area contributed by atoms with Crippen LogP contribution < -0.4 is 14.8 Å². The summed E-state index contributed by atoms with van der Waals surface area (Å²) in [5.74, 6) is 3.16. The highest BCUT2D eigenvalue weighted by molar-refractivity contribution is 7.19. The van der Waals surface area contributed by atoms with Crippen molar-refractivity contribution in [3.05, 3.63) is 85.9 Å². The van der Waals surface area contributed by atoms with Crippen LogP contribution in [0.3, 0.4) is 0 Å². The third-order valence-corrected chi connectivity index (χ3v) is 10.4. The van der Waals surface area contributed by atoms with Gasteiger partial charge >= 0.3 is 0 Å². The van der Waals surface area contributed by atoms with Crippen LogP contribution in [-0.4, -0.2) is 53.1 Å². The molecule has 0 unspecified atom stereocenters. The molecule has 7 aromatic rings. The predicted molar refractivity (Wildman–Crippen MR) is 186 cm³/mol. The molecule has 47 heavy (non-hydrogen) atoms. The Bertz CT molecular complexity index is 2240. The molecule has 6 aromatic heterocycles. The minimum atomic E-state index is 0.343.